The number of carbonyl (C=O) groups is 2. The Morgan fingerprint density at radius 1 is 1.00 bits per heavy atom. The van der Waals surface area contributed by atoms with Crippen LogP contribution in [0.1, 0.15) is 5.56 Å². The number of ether oxygens (including phenoxy) is 1. The van der Waals surface area contributed by atoms with Gasteiger partial charge in [0.15, 0.2) is 6.61 Å². The lowest BCUT2D eigenvalue weighted by molar-refractivity contribution is -0.146. The number of hydrogen-bond donors (Lipinski definition) is 1. The van der Waals surface area contributed by atoms with Gasteiger partial charge in [-0.15, -0.1) is 0 Å². The molecule has 2 aromatic heterocycles. The average molecular weight is 378 g/mol. The highest BCUT2D eigenvalue weighted by Gasteiger charge is 2.13. The molecular formula is C19H14N4O3S. The molecule has 1 amide bonds. The van der Waals surface area contributed by atoms with Gasteiger partial charge in [-0.1, -0.05) is 30.3 Å². The van der Waals surface area contributed by atoms with Gasteiger partial charge < -0.3 is 10.1 Å². The van der Waals surface area contributed by atoms with E-state index in [1.165, 1.54) is 0 Å². The number of carbonyl (C=O) groups excluding carboxylic acids is 2. The number of hydrogen-bond acceptors (Lipinski definition) is 7. The second-order valence-electron chi connectivity index (χ2n) is 5.82. The van der Waals surface area contributed by atoms with Gasteiger partial charge in [-0.05, 0) is 23.8 Å². The Bertz CT molecular complexity index is 1140. The van der Waals surface area contributed by atoms with E-state index in [9.17, 15) is 9.59 Å². The molecule has 0 radical (unpaired) electrons. The molecule has 0 unspecified atom stereocenters. The van der Waals surface area contributed by atoms with Crippen LogP contribution >= 0.6 is 11.7 Å². The Balaban J connectivity index is 1.37. The van der Waals surface area contributed by atoms with Crippen LogP contribution in [0.4, 0.5) is 5.69 Å². The van der Waals surface area contributed by atoms with Crippen LogP contribution in [0, 0.1) is 0 Å². The lowest BCUT2D eigenvalue weighted by Crippen LogP contribution is -2.21. The first kappa shape index (κ1) is 17.0. The standard InChI is InChI=1S/C19H14N4O3S/c24-16(21-14-7-2-8-15-19(14)23-27-22-15)11-26-17(25)10-13-5-1-4-12-6-3-9-20-18(12)13/h1-9H,10-11H2,(H,21,24). The van der Waals surface area contributed by atoms with E-state index in [1.807, 2.05) is 36.4 Å². The fraction of sp³-hybridized carbons (Fsp3) is 0.105. The van der Waals surface area contributed by atoms with Crippen LogP contribution in [-0.2, 0) is 20.7 Å². The molecule has 0 aliphatic heterocycles. The van der Waals surface area contributed by atoms with Crippen LogP contribution in [0.2, 0.25) is 0 Å². The van der Waals surface area contributed by atoms with E-state index >= 15 is 0 Å². The summed E-state index contributed by atoms with van der Waals surface area (Å²) in [5.74, 6) is -0.920. The van der Waals surface area contributed by atoms with E-state index in [2.05, 4.69) is 19.0 Å². The van der Waals surface area contributed by atoms with Crippen LogP contribution < -0.4 is 5.32 Å². The summed E-state index contributed by atoms with van der Waals surface area (Å²) in [7, 11) is 0. The van der Waals surface area contributed by atoms with Gasteiger partial charge in [-0.3, -0.25) is 14.6 Å². The van der Waals surface area contributed by atoms with E-state index in [-0.39, 0.29) is 13.0 Å². The van der Waals surface area contributed by atoms with Gasteiger partial charge in [0.2, 0.25) is 0 Å². The molecular weight excluding hydrogens is 364 g/mol. The Hall–Kier alpha value is -3.39. The van der Waals surface area contributed by atoms with Crippen molar-refractivity contribution in [2.24, 2.45) is 0 Å². The fourth-order valence-corrected chi connectivity index (χ4v) is 3.31. The smallest absolute Gasteiger partial charge is 0.310 e. The van der Waals surface area contributed by atoms with Gasteiger partial charge in [0, 0.05) is 11.6 Å². The first-order chi connectivity index (χ1) is 13.2. The van der Waals surface area contributed by atoms with Gasteiger partial charge in [-0.25, -0.2) is 0 Å². The summed E-state index contributed by atoms with van der Waals surface area (Å²) < 4.78 is 13.4. The molecule has 4 rings (SSSR count). The van der Waals surface area contributed by atoms with E-state index in [0.29, 0.717) is 16.7 Å². The quantitative estimate of drug-likeness (QED) is 0.537. The monoisotopic (exact) mass is 378 g/mol. The number of esters is 1. The minimum Gasteiger partial charge on any atom is -0.455 e. The van der Waals surface area contributed by atoms with Gasteiger partial charge in [0.05, 0.1) is 29.4 Å². The molecule has 0 aliphatic carbocycles. The third kappa shape index (κ3) is 3.75. The van der Waals surface area contributed by atoms with Crippen LogP contribution in [0.5, 0.6) is 0 Å². The lowest BCUT2D eigenvalue weighted by Gasteiger charge is -2.08. The molecule has 8 heteroatoms. The van der Waals surface area contributed by atoms with Crippen LogP contribution in [0.15, 0.2) is 54.7 Å². The molecule has 0 saturated carbocycles. The second kappa shape index (κ2) is 7.46. The van der Waals surface area contributed by atoms with Crippen molar-refractivity contribution in [2.45, 2.75) is 6.42 Å². The van der Waals surface area contributed by atoms with E-state index in [0.717, 1.165) is 28.2 Å². The normalized spacial score (nSPS) is 10.8. The molecule has 7 nitrogen and oxygen atoms in total. The average Bonchev–Trinajstić information content (AvgIpc) is 3.17. The summed E-state index contributed by atoms with van der Waals surface area (Å²) in [5.41, 5.74) is 3.38. The zero-order valence-corrected chi connectivity index (χ0v) is 14.9. The molecule has 0 aliphatic rings. The number of nitrogens with zero attached hydrogens (tertiary/aromatic N) is 3. The van der Waals surface area contributed by atoms with Crippen molar-refractivity contribution >= 4 is 51.2 Å². The maximum Gasteiger partial charge on any atom is 0.310 e. The lowest BCUT2D eigenvalue weighted by atomic mass is 10.1. The molecule has 0 bridgehead atoms. The van der Waals surface area contributed by atoms with Gasteiger partial charge in [-0.2, -0.15) is 8.75 Å². The number of aromatic nitrogens is 3. The van der Waals surface area contributed by atoms with Gasteiger partial charge in [0.25, 0.3) is 5.91 Å². The second-order valence-corrected chi connectivity index (χ2v) is 6.34. The number of fused-ring (bicyclic) bond motifs is 2. The van der Waals surface area contributed by atoms with Crippen LogP contribution in [0.25, 0.3) is 21.9 Å². The van der Waals surface area contributed by atoms with Crippen LogP contribution in [-0.4, -0.2) is 32.2 Å². The molecule has 4 aromatic rings. The SMILES string of the molecule is O=C(COC(=O)Cc1cccc2cccnc12)Nc1cccc2nsnc12. The van der Waals surface area contributed by atoms with E-state index in [1.54, 1.807) is 18.3 Å². The Morgan fingerprint density at radius 2 is 1.85 bits per heavy atom. The summed E-state index contributed by atoms with van der Waals surface area (Å²) in [5, 5.41) is 3.65. The third-order valence-corrected chi connectivity index (χ3v) is 4.52. The van der Waals surface area contributed by atoms with Crippen LogP contribution in [0.3, 0.4) is 0 Å². The number of nitrogens with one attached hydrogen (secondary N) is 1. The molecule has 0 saturated heterocycles. The highest BCUT2D eigenvalue weighted by Crippen LogP contribution is 2.21. The molecule has 134 valence electrons. The van der Waals surface area contributed by atoms with Crippen molar-refractivity contribution in [1.82, 2.24) is 13.7 Å². The highest BCUT2D eigenvalue weighted by molar-refractivity contribution is 7.00. The first-order valence-electron chi connectivity index (χ1n) is 8.20. The zero-order valence-electron chi connectivity index (χ0n) is 14.1. The molecule has 2 aromatic carbocycles. The van der Waals surface area contributed by atoms with Crippen molar-refractivity contribution in [3.63, 3.8) is 0 Å². The Labute approximate surface area is 158 Å². The zero-order chi connectivity index (χ0) is 18.6. The summed E-state index contributed by atoms with van der Waals surface area (Å²) >= 11 is 1.07. The minimum absolute atomic E-state index is 0.0488. The molecule has 0 spiro atoms. The molecule has 1 N–H and O–H groups in total. The number of amides is 1. The molecule has 27 heavy (non-hydrogen) atoms. The maximum absolute atomic E-state index is 12.1. The summed E-state index contributed by atoms with van der Waals surface area (Å²) in [6.45, 7) is -0.370. The summed E-state index contributed by atoms with van der Waals surface area (Å²) in [6.07, 6.45) is 1.73. The minimum atomic E-state index is -0.489. The summed E-state index contributed by atoms with van der Waals surface area (Å²) in [4.78, 5) is 28.5. The number of anilines is 1. The van der Waals surface area contributed by atoms with Crippen molar-refractivity contribution in [1.29, 1.82) is 0 Å². The predicted octanol–water partition coefficient (Wildman–Crippen LogP) is 2.96. The van der Waals surface area contributed by atoms with Crippen molar-refractivity contribution < 1.29 is 14.3 Å². The predicted molar refractivity (Wildman–Crippen MR) is 102 cm³/mol. The molecule has 0 atom stereocenters. The fourth-order valence-electron chi connectivity index (χ4n) is 2.76. The van der Waals surface area contributed by atoms with E-state index in [4.69, 9.17) is 4.74 Å². The Kier molecular flexibility index (Phi) is 4.71. The number of para-hydroxylation sites is 1. The Morgan fingerprint density at radius 3 is 2.78 bits per heavy atom. The number of rotatable bonds is 5. The highest BCUT2D eigenvalue weighted by atomic mass is 32.1. The van der Waals surface area contributed by atoms with Crippen molar-refractivity contribution in [2.75, 3.05) is 11.9 Å². The van der Waals surface area contributed by atoms with E-state index < -0.39 is 11.9 Å². The van der Waals surface area contributed by atoms with Crippen molar-refractivity contribution in [3.8, 4) is 0 Å². The third-order valence-electron chi connectivity index (χ3n) is 3.98. The van der Waals surface area contributed by atoms with Gasteiger partial charge in [0.1, 0.15) is 11.0 Å². The molecule has 0 fully saturated rings. The topological polar surface area (TPSA) is 94.1 Å². The summed E-state index contributed by atoms with van der Waals surface area (Å²) in [6, 6.07) is 14.7. The largest absolute Gasteiger partial charge is 0.455 e. The number of benzene rings is 2. The molecule has 2 heterocycles. The maximum atomic E-state index is 12.1. The first-order valence-corrected chi connectivity index (χ1v) is 8.93. The van der Waals surface area contributed by atoms with Gasteiger partial charge >= 0.3 is 5.97 Å². The van der Waals surface area contributed by atoms with Crippen molar-refractivity contribution in [3.05, 3.63) is 60.3 Å². The number of pyridine rings is 1.